The molecule has 1 atom stereocenters. The van der Waals surface area contributed by atoms with Gasteiger partial charge in [-0.2, -0.15) is 13.2 Å². The summed E-state index contributed by atoms with van der Waals surface area (Å²) < 4.78 is 39.0. The Morgan fingerprint density at radius 2 is 2.17 bits per heavy atom. The highest BCUT2D eigenvalue weighted by Gasteiger charge is 2.34. The largest absolute Gasteiger partial charge is 0.434 e. The number of anilines is 1. The minimum atomic E-state index is -4.44. The molecule has 2 aromatic rings. The Kier molecular flexibility index (Phi) is 3.14. The van der Waals surface area contributed by atoms with Crippen molar-refractivity contribution in [1.29, 1.82) is 0 Å². The van der Waals surface area contributed by atoms with E-state index in [0.29, 0.717) is 5.82 Å². The van der Waals surface area contributed by atoms with Crippen LogP contribution >= 0.6 is 0 Å². The minimum Gasteiger partial charge on any atom is -0.365 e. The zero-order chi connectivity index (χ0) is 13.3. The molecule has 1 N–H and O–H groups in total. The number of nitrogens with one attached hydrogen (secondary N) is 1. The lowest BCUT2D eigenvalue weighted by Gasteiger charge is -2.12. The van der Waals surface area contributed by atoms with E-state index in [1.165, 1.54) is 16.8 Å². The van der Waals surface area contributed by atoms with Crippen LogP contribution in [-0.4, -0.2) is 20.4 Å². The topological polar surface area (TPSA) is 42.2 Å². The van der Waals surface area contributed by atoms with E-state index in [-0.39, 0.29) is 11.7 Å². The number of fused-ring (bicyclic) bond motifs is 1. The molecule has 0 saturated carbocycles. The Morgan fingerprint density at radius 1 is 1.44 bits per heavy atom. The SMILES string of the molecule is CCC(C)Nc1nccn2cc(C(F)(F)F)nc12. The molecule has 0 amide bonds. The second kappa shape index (κ2) is 4.47. The molecule has 2 heterocycles. The lowest BCUT2D eigenvalue weighted by molar-refractivity contribution is -0.140. The molecule has 0 aliphatic rings. The van der Waals surface area contributed by atoms with Crippen molar-refractivity contribution >= 4 is 11.5 Å². The van der Waals surface area contributed by atoms with Gasteiger partial charge in [0.15, 0.2) is 17.2 Å². The van der Waals surface area contributed by atoms with Crippen LogP contribution < -0.4 is 5.32 Å². The van der Waals surface area contributed by atoms with Crippen molar-refractivity contribution in [3.63, 3.8) is 0 Å². The van der Waals surface area contributed by atoms with Gasteiger partial charge in [0.2, 0.25) is 0 Å². The molecule has 0 saturated heterocycles. The summed E-state index contributed by atoms with van der Waals surface area (Å²) in [6, 6.07) is 0.120. The summed E-state index contributed by atoms with van der Waals surface area (Å²) in [6.45, 7) is 3.91. The molecule has 0 bridgehead atoms. The van der Waals surface area contributed by atoms with Gasteiger partial charge in [0.1, 0.15) is 0 Å². The molecule has 7 heteroatoms. The second-order valence-corrected chi connectivity index (χ2v) is 4.08. The first-order valence-electron chi connectivity index (χ1n) is 5.59. The normalized spacial score (nSPS) is 13.8. The number of halogens is 3. The van der Waals surface area contributed by atoms with Crippen molar-refractivity contribution in [3.05, 3.63) is 24.3 Å². The summed E-state index contributed by atoms with van der Waals surface area (Å²) >= 11 is 0. The van der Waals surface area contributed by atoms with Crippen molar-refractivity contribution in [2.75, 3.05) is 5.32 Å². The first-order valence-corrected chi connectivity index (χ1v) is 5.59. The zero-order valence-corrected chi connectivity index (χ0v) is 9.99. The van der Waals surface area contributed by atoms with Gasteiger partial charge in [-0.1, -0.05) is 6.92 Å². The Morgan fingerprint density at radius 3 is 2.78 bits per heavy atom. The second-order valence-electron chi connectivity index (χ2n) is 4.08. The van der Waals surface area contributed by atoms with Crippen LogP contribution in [0.5, 0.6) is 0 Å². The number of imidazole rings is 1. The quantitative estimate of drug-likeness (QED) is 0.920. The Bertz CT molecular complexity index is 547. The highest BCUT2D eigenvalue weighted by molar-refractivity contribution is 5.63. The average molecular weight is 258 g/mol. The molecular weight excluding hydrogens is 245 g/mol. The predicted octanol–water partition coefficient (Wildman–Crippen LogP) is 2.96. The number of alkyl halides is 3. The van der Waals surface area contributed by atoms with Crippen molar-refractivity contribution in [2.24, 2.45) is 0 Å². The number of nitrogens with zero attached hydrogens (tertiary/aromatic N) is 3. The van der Waals surface area contributed by atoms with Gasteiger partial charge in [0.05, 0.1) is 0 Å². The summed E-state index contributed by atoms with van der Waals surface area (Å²) in [5, 5.41) is 3.04. The van der Waals surface area contributed by atoms with Crippen LogP contribution in [0.4, 0.5) is 19.0 Å². The lowest BCUT2D eigenvalue weighted by Crippen LogP contribution is -2.15. The van der Waals surface area contributed by atoms with Gasteiger partial charge < -0.3 is 9.72 Å². The first kappa shape index (κ1) is 12.7. The molecule has 2 aromatic heterocycles. The molecule has 0 aliphatic carbocycles. The van der Waals surface area contributed by atoms with E-state index >= 15 is 0 Å². The Balaban J connectivity index is 2.46. The number of aromatic nitrogens is 3. The van der Waals surface area contributed by atoms with Crippen LogP contribution in [0.3, 0.4) is 0 Å². The van der Waals surface area contributed by atoms with Crippen molar-refractivity contribution < 1.29 is 13.2 Å². The fraction of sp³-hybridized carbons (Fsp3) is 0.455. The van der Waals surface area contributed by atoms with Gasteiger partial charge in [-0.25, -0.2) is 9.97 Å². The van der Waals surface area contributed by atoms with Crippen molar-refractivity contribution in [2.45, 2.75) is 32.5 Å². The maximum atomic E-state index is 12.6. The fourth-order valence-electron chi connectivity index (χ4n) is 1.49. The maximum absolute atomic E-state index is 12.6. The summed E-state index contributed by atoms with van der Waals surface area (Å²) in [6.07, 6.45) is 0.243. The van der Waals surface area contributed by atoms with Crippen molar-refractivity contribution in [1.82, 2.24) is 14.4 Å². The molecule has 1 unspecified atom stereocenters. The summed E-state index contributed by atoms with van der Waals surface area (Å²) in [4.78, 5) is 7.61. The molecule has 0 aromatic carbocycles. The third-order valence-electron chi connectivity index (χ3n) is 2.66. The molecule has 2 rings (SSSR count). The van der Waals surface area contributed by atoms with E-state index in [1.807, 2.05) is 13.8 Å². The van der Waals surface area contributed by atoms with E-state index in [1.54, 1.807) is 0 Å². The average Bonchev–Trinajstić information content (AvgIpc) is 2.73. The smallest absolute Gasteiger partial charge is 0.365 e. The van der Waals surface area contributed by atoms with Crippen molar-refractivity contribution in [3.8, 4) is 0 Å². The van der Waals surface area contributed by atoms with Crippen LogP contribution in [0.25, 0.3) is 5.65 Å². The Hall–Kier alpha value is -1.79. The number of hydrogen-bond donors (Lipinski definition) is 1. The minimum absolute atomic E-state index is 0.120. The lowest BCUT2D eigenvalue weighted by atomic mass is 10.2. The molecule has 0 fully saturated rings. The third-order valence-corrected chi connectivity index (χ3v) is 2.66. The van der Waals surface area contributed by atoms with Crippen LogP contribution in [0.15, 0.2) is 18.6 Å². The van der Waals surface area contributed by atoms with E-state index in [2.05, 4.69) is 15.3 Å². The van der Waals surface area contributed by atoms with E-state index in [0.717, 1.165) is 12.6 Å². The molecule has 18 heavy (non-hydrogen) atoms. The monoisotopic (exact) mass is 258 g/mol. The molecule has 0 aliphatic heterocycles. The summed E-state index contributed by atoms with van der Waals surface area (Å²) in [5.74, 6) is 0.363. The van der Waals surface area contributed by atoms with Gasteiger partial charge in [0.25, 0.3) is 0 Å². The standard InChI is InChI=1S/C11H13F3N4/c1-3-7(2)16-9-10-17-8(11(12,13)14)6-18(10)5-4-15-9/h4-7H,3H2,1-2H3,(H,15,16). The zero-order valence-electron chi connectivity index (χ0n) is 9.99. The maximum Gasteiger partial charge on any atom is 0.434 e. The van der Waals surface area contributed by atoms with E-state index in [9.17, 15) is 13.2 Å². The van der Waals surface area contributed by atoms with E-state index in [4.69, 9.17) is 0 Å². The first-order chi connectivity index (χ1) is 8.41. The van der Waals surface area contributed by atoms with Crippen LogP contribution in [0.2, 0.25) is 0 Å². The fourth-order valence-corrected chi connectivity index (χ4v) is 1.49. The predicted molar refractivity (Wildman–Crippen MR) is 61.4 cm³/mol. The molecule has 0 spiro atoms. The van der Waals surface area contributed by atoms with Crippen LogP contribution in [0, 0.1) is 0 Å². The van der Waals surface area contributed by atoms with Gasteiger partial charge in [-0.3, -0.25) is 0 Å². The molecule has 0 radical (unpaired) electrons. The number of hydrogen-bond acceptors (Lipinski definition) is 3. The van der Waals surface area contributed by atoms with Crippen LogP contribution in [-0.2, 0) is 6.18 Å². The highest BCUT2D eigenvalue weighted by atomic mass is 19.4. The van der Waals surface area contributed by atoms with Crippen LogP contribution in [0.1, 0.15) is 26.0 Å². The van der Waals surface area contributed by atoms with Gasteiger partial charge in [0, 0.05) is 24.6 Å². The highest BCUT2D eigenvalue weighted by Crippen LogP contribution is 2.29. The summed E-state index contributed by atoms with van der Waals surface area (Å²) in [5.41, 5.74) is -0.729. The third kappa shape index (κ3) is 2.39. The van der Waals surface area contributed by atoms with Gasteiger partial charge in [-0.15, -0.1) is 0 Å². The van der Waals surface area contributed by atoms with Gasteiger partial charge >= 0.3 is 6.18 Å². The Labute approximate surface area is 102 Å². The number of rotatable bonds is 3. The summed E-state index contributed by atoms with van der Waals surface area (Å²) in [7, 11) is 0. The molecule has 4 nitrogen and oxygen atoms in total. The molecule has 98 valence electrons. The van der Waals surface area contributed by atoms with Gasteiger partial charge in [-0.05, 0) is 13.3 Å². The van der Waals surface area contributed by atoms with E-state index < -0.39 is 11.9 Å². The molecular formula is C11H13F3N4.